The molecule has 0 aromatic heterocycles. The van der Waals surface area contributed by atoms with Gasteiger partial charge < -0.3 is 14.2 Å². The van der Waals surface area contributed by atoms with Gasteiger partial charge >= 0.3 is 0 Å². The number of carbonyl (C=O) groups is 1. The number of methoxy groups -OCH3 is 1. The molecule has 0 heterocycles. The van der Waals surface area contributed by atoms with Gasteiger partial charge in [0.25, 0.3) is 5.91 Å². The third kappa shape index (κ3) is 6.47. The summed E-state index contributed by atoms with van der Waals surface area (Å²) in [5, 5.41) is 4.05. The molecule has 164 valence electrons. The number of amides is 1. The van der Waals surface area contributed by atoms with Gasteiger partial charge in [-0.25, -0.2) is 5.43 Å². The number of hydrogen-bond acceptors (Lipinski definition) is 5. The second-order valence-electron chi connectivity index (χ2n) is 7.01. The Balaban J connectivity index is 1.58. The molecule has 6 heteroatoms. The van der Waals surface area contributed by atoms with Gasteiger partial charge in [0.05, 0.1) is 13.3 Å². The molecular formula is C26H26N2O4. The number of aryl methyl sites for hydroxylation is 1. The number of hydrazone groups is 1. The lowest BCUT2D eigenvalue weighted by Crippen LogP contribution is -2.17. The van der Waals surface area contributed by atoms with Crippen LogP contribution in [0.4, 0.5) is 0 Å². The number of nitrogens with one attached hydrogen (secondary N) is 1. The van der Waals surface area contributed by atoms with Crippen LogP contribution in [0.25, 0.3) is 0 Å². The molecule has 0 saturated heterocycles. The number of rotatable bonds is 10. The number of carbonyl (C=O) groups excluding carboxylic acids is 1. The van der Waals surface area contributed by atoms with Gasteiger partial charge in [-0.2, -0.15) is 5.10 Å². The summed E-state index contributed by atoms with van der Waals surface area (Å²) in [7, 11) is 1.52. The zero-order valence-electron chi connectivity index (χ0n) is 18.2. The Bertz CT molecular complexity index is 1090. The molecule has 0 atom stereocenters. The second kappa shape index (κ2) is 11.4. The minimum atomic E-state index is -0.360. The lowest BCUT2D eigenvalue weighted by atomic mass is 10.2. The largest absolute Gasteiger partial charge is 0.493 e. The summed E-state index contributed by atoms with van der Waals surface area (Å²) in [6.45, 7) is 6.49. The topological polar surface area (TPSA) is 69.2 Å². The van der Waals surface area contributed by atoms with E-state index in [1.807, 2.05) is 36.4 Å². The molecule has 0 saturated carbocycles. The van der Waals surface area contributed by atoms with E-state index in [1.165, 1.54) is 12.7 Å². The lowest BCUT2D eigenvalue weighted by Gasteiger charge is -2.10. The van der Waals surface area contributed by atoms with E-state index in [4.69, 9.17) is 14.2 Å². The molecule has 3 aromatic carbocycles. The third-order valence-electron chi connectivity index (χ3n) is 4.55. The van der Waals surface area contributed by atoms with Crippen LogP contribution in [0.15, 0.2) is 84.5 Å². The quantitative estimate of drug-likeness (QED) is 0.282. The lowest BCUT2D eigenvalue weighted by molar-refractivity contribution is 0.0954. The normalized spacial score (nSPS) is 10.6. The number of benzene rings is 3. The zero-order valence-corrected chi connectivity index (χ0v) is 18.2. The van der Waals surface area contributed by atoms with Crippen LogP contribution in [0.2, 0.25) is 0 Å². The second-order valence-corrected chi connectivity index (χ2v) is 7.01. The van der Waals surface area contributed by atoms with E-state index in [0.29, 0.717) is 30.3 Å². The molecule has 1 amide bonds. The van der Waals surface area contributed by atoms with E-state index in [-0.39, 0.29) is 5.91 Å². The van der Waals surface area contributed by atoms with Gasteiger partial charge in [0.2, 0.25) is 0 Å². The van der Waals surface area contributed by atoms with Crippen LogP contribution in [0, 0.1) is 6.92 Å². The maximum Gasteiger partial charge on any atom is 0.271 e. The fourth-order valence-electron chi connectivity index (χ4n) is 2.84. The number of ether oxygens (including phenoxy) is 3. The van der Waals surface area contributed by atoms with E-state index in [0.717, 1.165) is 16.9 Å². The Kier molecular flexibility index (Phi) is 8.03. The Morgan fingerprint density at radius 3 is 2.59 bits per heavy atom. The highest BCUT2D eigenvalue weighted by Gasteiger charge is 2.10. The standard InChI is InChI=1S/C26H26N2O4/c1-4-14-31-24-13-12-22(16-25(24)30-3)26(29)28-27-17-21-6-5-7-23(15-21)32-18-20-10-8-19(2)9-11-20/h4-13,15-17H,1,14,18H2,2-3H3,(H,28,29)/b27-17+. The molecule has 0 spiro atoms. The van der Waals surface area contributed by atoms with Crippen LogP contribution in [0.1, 0.15) is 27.0 Å². The predicted octanol–water partition coefficient (Wildman–Crippen LogP) is 4.91. The average molecular weight is 431 g/mol. The highest BCUT2D eigenvalue weighted by atomic mass is 16.5. The number of hydrogen-bond donors (Lipinski definition) is 1. The van der Waals surface area contributed by atoms with Gasteiger partial charge in [-0.3, -0.25) is 4.79 Å². The van der Waals surface area contributed by atoms with Crippen LogP contribution < -0.4 is 19.6 Å². The van der Waals surface area contributed by atoms with Crippen molar-refractivity contribution < 1.29 is 19.0 Å². The van der Waals surface area contributed by atoms with Gasteiger partial charge in [-0.1, -0.05) is 54.6 Å². The highest BCUT2D eigenvalue weighted by molar-refractivity contribution is 5.95. The fourth-order valence-corrected chi connectivity index (χ4v) is 2.84. The van der Waals surface area contributed by atoms with E-state index >= 15 is 0 Å². The molecule has 0 aliphatic carbocycles. The summed E-state index contributed by atoms with van der Waals surface area (Å²) >= 11 is 0. The fraction of sp³-hybridized carbons (Fsp3) is 0.154. The highest BCUT2D eigenvalue weighted by Crippen LogP contribution is 2.28. The Morgan fingerprint density at radius 2 is 1.84 bits per heavy atom. The van der Waals surface area contributed by atoms with E-state index < -0.39 is 0 Å². The first kappa shape index (κ1) is 22.6. The van der Waals surface area contributed by atoms with E-state index in [9.17, 15) is 4.79 Å². The van der Waals surface area contributed by atoms with Gasteiger partial charge in [0.1, 0.15) is 19.0 Å². The van der Waals surface area contributed by atoms with Crippen LogP contribution in [-0.2, 0) is 6.61 Å². The molecule has 0 unspecified atom stereocenters. The van der Waals surface area contributed by atoms with Crippen molar-refractivity contribution in [3.8, 4) is 17.2 Å². The van der Waals surface area contributed by atoms with Crippen molar-refractivity contribution in [3.05, 3.63) is 102 Å². The molecule has 0 fully saturated rings. The number of nitrogens with zero attached hydrogens (tertiary/aromatic N) is 1. The summed E-state index contributed by atoms with van der Waals surface area (Å²) in [6, 6.07) is 20.6. The molecule has 0 radical (unpaired) electrons. The van der Waals surface area contributed by atoms with Gasteiger partial charge in [-0.15, -0.1) is 0 Å². The van der Waals surface area contributed by atoms with Crippen LogP contribution >= 0.6 is 0 Å². The van der Waals surface area contributed by atoms with Gasteiger partial charge in [0, 0.05) is 5.56 Å². The molecule has 0 bridgehead atoms. The molecule has 1 N–H and O–H groups in total. The molecule has 3 rings (SSSR count). The van der Waals surface area contributed by atoms with E-state index in [1.54, 1.807) is 30.5 Å². The monoisotopic (exact) mass is 430 g/mol. The molecular weight excluding hydrogens is 404 g/mol. The molecule has 6 nitrogen and oxygen atoms in total. The Hall–Kier alpha value is -4.06. The summed E-state index contributed by atoms with van der Waals surface area (Å²) in [4.78, 5) is 12.4. The van der Waals surface area contributed by atoms with Crippen LogP contribution in [-0.4, -0.2) is 25.8 Å². The van der Waals surface area contributed by atoms with Gasteiger partial charge in [0.15, 0.2) is 11.5 Å². The van der Waals surface area contributed by atoms with E-state index in [2.05, 4.69) is 36.2 Å². The Labute approximate surface area is 188 Å². The first-order valence-corrected chi connectivity index (χ1v) is 10.1. The average Bonchev–Trinajstić information content (AvgIpc) is 2.82. The van der Waals surface area contributed by atoms with Crippen molar-refractivity contribution >= 4 is 12.1 Å². The smallest absolute Gasteiger partial charge is 0.271 e. The van der Waals surface area contributed by atoms with Gasteiger partial charge in [-0.05, 0) is 48.4 Å². The maximum atomic E-state index is 12.4. The molecule has 0 aliphatic heterocycles. The van der Waals surface area contributed by atoms with Crippen molar-refractivity contribution in [1.29, 1.82) is 0 Å². The first-order valence-electron chi connectivity index (χ1n) is 10.1. The Morgan fingerprint density at radius 1 is 1.03 bits per heavy atom. The first-order chi connectivity index (χ1) is 15.6. The van der Waals surface area contributed by atoms with Crippen molar-refractivity contribution in [2.24, 2.45) is 5.10 Å². The van der Waals surface area contributed by atoms with Crippen LogP contribution in [0.3, 0.4) is 0 Å². The minimum absolute atomic E-state index is 0.347. The summed E-state index contributed by atoms with van der Waals surface area (Å²) in [6.07, 6.45) is 3.20. The van der Waals surface area contributed by atoms with Crippen molar-refractivity contribution in [1.82, 2.24) is 5.43 Å². The predicted molar refractivity (Wildman–Crippen MR) is 126 cm³/mol. The van der Waals surface area contributed by atoms with Crippen molar-refractivity contribution in [2.75, 3.05) is 13.7 Å². The SMILES string of the molecule is C=CCOc1ccc(C(=O)N/N=C/c2cccc(OCc3ccc(C)cc3)c2)cc1OC. The van der Waals surface area contributed by atoms with Crippen molar-refractivity contribution in [2.45, 2.75) is 13.5 Å². The summed E-state index contributed by atoms with van der Waals surface area (Å²) in [5.41, 5.74) is 6.04. The summed E-state index contributed by atoms with van der Waals surface area (Å²) < 4.78 is 16.6. The van der Waals surface area contributed by atoms with Crippen LogP contribution in [0.5, 0.6) is 17.2 Å². The molecule has 3 aromatic rings. The minimum Gasteiger partial charge on any atom is -0.493 e. The van der Waals surface area contributed by atoms with Crippen molar-refractivity contribution in [3.63, 3.8) is 0 Å². The summed E-state index contributed by atoms with van der Waals surface area (Å²) in [5.74, 6) is 1.36. The molecule has 32 heavy (non-hydrogen) atoms. The molecule has 0 aliphatic rings. The third-order valence-corrected chi connectivity index (χ3v) is 4.55. The zero-order chi connectivity index (χ0) is 22.8. The maximum absolute atomic E-state index is 12.4.